The lowest BCUT2D eigenvalue weighted by Gasteiger charge is -2.34. The number of methoxy groups -OCH3 is 6. The third-order valence-corrected chi connectivity index (χ3v) is 22.5. The highest BCUT2D eigenvalue weighted by Gasteiger charge is 2.30. The molecule has 11 aromatic heterocycles. The summed E-state index contributed by atoms with van der Waals surface area (Å²) in [5.74, 6) is 6.07. The number of nitrogens with zero attached hydrogens (tertiary/aromatic N) is 15. The number of ether oxygens (including phenoxy) is 7. The Hall–Kier alpha value is -16.1. The summed E-state index contributed by atoms with van der Waals surface area (Å²) in [6.07, 6.45) is 17.0. The number of carbonyl (C=O) groups excluding carboxylic acids is 3. The van der Waals surface area contributed by atoms with Gasteiger partial charge in [-0.25, -0.2) is 9.97 Å². The molecule has 13 heterocycles. The summed E-state index contributed by atoms with van der Waals surface area (Å²) >= 11 is 0. The molecular formula is C92H89F2N23O11S. The van der Waals surface area contributed by atoms with Gasteiger partial charge in [-0.15, -0.1) is 0 Å². The predicted octanol–water partition coefficient (Wildman–Crippen LogP) is 15.1. The zero-order valence-electron chi connectivity index (χ0n) is 72.6. The van der Waals surface area contributed by atoms with Crippen LogP contribution in [-0.4, -0.2) is 227 Å². The van der Waals surface area contributed by atoms with Crippen molar-refractivity contribution in [3.8, 4) is 79.5 Å². The zero-order chi connectivity index (χ0) is 91.1. The van der Waals surface area contributed by atoms with Gasteiger partial charge in [0.1, 0.15) is 34.1 Å². The molecular weight excluding hydrogens is 1670 g/mol. The first-order valence-electron chi connectivity index (χ1n) is 40.0. The first-order valence-corrected chi connectivity index (χ1v) is 42.1. The van der Waals surface area contributed by atoms with E-state index in [0.717, 1.165) is 67.6 Å². The third-order valence-electron chi connectivity index (χ3n) is 21.2. The van der Waals surface area contributed by atoms with Crippen LogP contribution in [0.1, 0.15) is 53.3 Å². The molecule has 34 nitrogen and oxygen atoms in total. The smallest absolute Gasteiger partial charge is 0.254 e. The van der Waals surface area contributed by atoms with E-state index in [-0.39, 0.29) is 35.7 Å². The number of benzene rings is 5. The fraction of sp³-hybridized carbons (Fsp3) is 0.196. The first-order chi connectivity index (χ1) is 62.2. The second kappa shape index (κ2) is 37.8. The number of hydrogen-bond donors (Lipinski definition) is 8. The maximum absolute atomic E-state index is 13.7. The van der Waals surface area contributed by atoms with Gasteiger partial charge < -0.3 is 89.1 Å². The summed E-state index contributed by atoms with van der Waals surface area (Å²) in [4.78, 5) is 107. The van der Waals surface area contributed by atoms with Gasteiger partial charge >= 0.3 is 0 Å². The van der Waals surface area contributed by atoms with Gasteiger partial charge in [-0.2, -0.15) is 48.7 Å². The number of likely N-dealkylation sites (N-methyl/N-ethyl adjacent to an activating group) is 1. The molecule has 0 bridgehead atoms. The molecule has 658 valence electrons. The second-order valence-corrected chi connectivity index (χ2v) is 32.6. The normalized spacial score (nSPS) is 12.4. The van der Waals surface area contributed by atoms with Crippen molar-refractivity contribution in [3.63, 3.8) is 0 Å². The predicted molar refractivity (Wildman–Crippen MR) is 492 cm³/mol. The molecule has 8 N–H and O–H groups in total. The maximum Gasteiger partial charge on any atom is 0.254 e. The van der Waals surface area contributed by atoms with Gasteiger partial charge in [0.05, 0.1) is 101 Å². The van der Waals surface area contributed by atoms with E-state index < -0.39 is 21.4 Å². The number of hydrogen-bond acceptors (Lipinski definition) is 27. The van der Waals surface area contributed by atoms with Crippen LogP contribution in [0.5, 0.6) is 35.0 Å². The van der Waals surface area contributed by atoms with E-state index in [9.17, 15) is 27.4 Å². The van der Waals surface area contributed by atoms with Crippen LogP contribution < -0.4 is 49.7 Å². The molecule has 16 aromatic rings. The number of aromatic nitrogens is 15. The molecule has 0 spiro atoms. The highest BCUT2D eigenvalue weighted by atomic mass is 32.2. The maximum atomic E-state index is 13.7. The number of fused-ring (bicyclic) bond motifs is 5. The Balaban J connectivity index is 0.000000132. The Morgan fingerprint density at radius 1 is 0.457 bits per heavy atom. The number of aryl methyl sites for hydroxylation is 1. The molecule has 2 aliphatic rings. The van der Waals surface area contributed by atoms with Crippen molar-refractivity contribution in [2.45, 2.75) is 31.3 Å². The Morgan fingerprint density at radius 2 is 0.837 bits per heavy atom. The molecule has 3 amide bonds. The molecule has 18 rings (SSSR count). The number of H-pyrrole nitrogens is 4. The monoisotopic (exact) mass is 1760 g/mol. The van der Waals surface area contributed by atoms with Gasteiger partial charge in [0, 0.05) is 170 Å². The quantitative estimate of drug-likeness (QED) is 0.0218. The lowest BCUT2D eigenvalue weighted by Crippen LogP contribution is -2.49. The fourth-order valence-electron chi connectivity index (χ4n) is 14.4. The van der Waals surface area contributed by atoms with E-state index in [2.05, 4.69) is 120 Å². The van der Waals surface area contributed by atoms with Crippen LogP contribution in [0.2, 0.25) is 0 Å². The molecule has 1 fully saturated rings. The number of nitrogens with one attached hydrogen (secondary N) is 8. The molecule has 0 aliphatic carbocycles. The third kappa shape index (κ3) is 18.8. The summed E-state index contributed by atoms with van der Waals surface area (Å²) in [6, 6.07) is 37.2. The standard InChI is InChI=1S/C25H27N5O3S.C24H23FN6O4.C22H21FN6O3.C21H18N6O/c1-15-13-17(24(31)30(2)3)9-12-20(15)27-25-28-22-21(23(29-25)33-4)19(14-26-22)16-7-10-18(11-8-16)34(5,6)32;1-31(15-11-35-12-15)23(32)14-4-5-17(18(8-14)33-2)28-24-29-21-20(22(30-24)34-3)16(10-27-21)13-6-7-26-19(25)9-13;1-29(2)21(30)13-5-6-15(16(9-13)31-3)26-22-27-19-18(20(28-22)32-4)14(11-25-19)12-7-8-24-17(23)10-12;1-12-15-10-23-9-14(15)3-4-17(12)25-21-26-19-18(20(27-21)28-2)16(11-24-19)13-5-7-22-8-6-13/h7-14H,5H2,1-4,6H3,(H2,26,27,28,29);4-10,15H,11-12H2,1-3H3,(H2,27,28,29,30);5-11H,1-4H3,(H2,25,26,27,28);3-8,10-11H,9H2,1-2H3,(H2,24,25,26,27). The number of amides is 3. The minimum absolute atomic E-state index is 0.0579. The molecule has 129 heavy (non-hydrogen) atoms. The van der Waals surface area contributed by atoms with Crippen molar-refractivity contribution in [2.24, 2.45) is 4.99 Å². The lowest BCUT2D eigenvalue weighted by molar-refractivity contribution is -0.0467. The van der Waals surface area contributed by atoms with Gasteiger partial charge in [-0.05, 0) is 165 Å². The molecule has 0 radical (unpaired) electrons. The average molecular weight is 1760 g/mol. The fourth-order valence-corrected chi connectivity index (χ4v) is 15.1. The number of rotatable bonds is 23. The van der Waals surface area contributed by atoms with Crippen molar-refractivity contribution in [1.29, 1.82) is 0 Å². The van der Waals surface area contributed by atoms with E-state index in [4.69, 9.17) is 33.2 Å². The number of pyridine rings is 3. The number of aromatic amines is 4. The number of aliphatic imine (C=N–C) groups is 1. The molecule has 1 atom stereocenters. The summed E-state index contributed by atoms with van der Waals surface area (Å²) in [5.41, 5.74) is 17.6. The van der Waals surface area contributed by atoms with E-state index in [1.54, 1.807) is 145 Å². The van der Waals surface area contributed by atoms with Crippen LogP contribution in [0.15, 0.2) is 187 Å². The van der Waals surface area contributed by atoms with Crippen LogP contribution in [0.3, 0.4) is 0 Å². The lowest BCUT2D eigenvalue weighted by atomic mass is 10.0. The van der Waals surface area contributed by atoms with Crippen LogP contribution in [0.25, 0.3) is 88.6 Å². The van der Waals surface area contributed by atoms with Crippen LogP contribution in [0, 0.1) is 25.7 Å². The summed E-state index contributed by atoms with van der Waals surface area (Å²) in [6.45, 7) is 5.81. The number of halogens is 2. The molecule has 5 aromatic carbocycles. The summed E-state index contributed by atoms with van der Waals surface area (Å²) in [5, 5.41) is 15.6. The molecule has 37 heteroatoms. The summed E-state index contributed by atoms with van der Waals surface area (Å²) in [7, 11) is 15.5. The molecule has 1 unspecified atom stereocenters. The van der Waals surface area contributed by atoms with Crippen LogP contribution in [0.4, 0.5) is 55.3 Å². The topological polar surface area (TPSA) is 408 Å². The van der Waals surface area contributed by atoms with Gasteiger partial charge in [0.2, 0.25) is 59.2 Å². The van der Waals surface area contributed by atoms with E-state index in [0.29, 0.717) is 149 Å². The van der Waals surface area contributed by atoms with E-state index >= 15 is 0 Å². The van der Waals surface area contributed by atoms with Crippen molar-refractivity contribution in [2.75, 3.05) is 119 Å². The van der Waals surface area contributed by atoms with Gasteiger partial charge in [0.25, 0.3) is 17.7 Å². The Morgan fingerprint density at radius 3 is 1.22 bits per heavy atom. The van der Waals surface area contributed by atoms with Gasteiger partial charge in [0.15, 0.2) is 0 Å². The average Bonchev–Trinajstić information content (AvgIpc) is 1.63. The van der Waals surface area contributed by atoms with Crippen molar-refractivity contribution < 1.29 is 60.5 Å². The SMILES string of the molecule is C=S(C)(=O)c1ccc(-c2c[nH]c3nc(Nc4ccc(C(=O)N(C)C)cc4C)nc(OC)c23)cc1.COc1cc(C(=O)N(C)C)ccc1Nc1nc(OC)c2c(-c3ccnc(F)c3)c[nH]c2n1.COc1cc(C(=O)N(C)C2COC2)ccc1Nc1nc(OC)c2c(-c3ccnc(F)c3)c[nH]c2n1.COc1nc(Nc2ccc3c(c2C)C=NC3)nc2[nH]cc(-c3ccncc3)c12. The van der Waals surface area contributed by atoms with Gasteiger partial charge in [-0.3, -0.25) is 28.6 Å². The minimum Gasteiger partial charge on any atom is -0.495 e. The van der Waals surface area contributed by atoms with E-state index in [1.165, 1.54) is 63.4 Å². The second-order valence-electron chi connectivity index (χ2n) is 30.1. The van der Waals surface area contributed by atoms with Crippen LogP contribution in [-0.2, 0) is 20.8 Å². The van der Waals surface area contributed by atoms with E-state index in [1.807, 2.05) is 80.1 Å². The van der Waals surface area contributed by atoms with Crippen LogP contribution >= 0.6 is 0 Å². The number of anilines is 8. The summed E-state index contributed by atoms with van der Waals surface area (Å²) < 4.78 is 77.8. The highest BCUT2D eigenvalue weighted by Crippen LogP contribution is 2.42. The van der Waals surface area contributed by atoms with Crippen molar-refractivity contribution in [1.82, 2.24) is 89.5 Å². The largest absolute Gasteiger partial charge is 0.495 e. The van der Waals surface area contributed by atoms with Crippen molar-refractivity contribution >= 4 is 130 Å². The Labute approximate surface area is 738 Å². The minimum atomic E-state index is -2.28. The molecule has 0 saturated carbocycles. The number of carbonyl (C=O) groups is 3. The highest BCUT2D eigenvalue weighted by molar-refractivity contribution is 7.99. The first kappa shape index (κ1) is 87.8. The van der Waals surface area contributed by atoms with Gasteiger partial charge in [-0.1, -0.05) is 18.2 Å². The molecule has 1 saturated heterocycles. The Kier molecular flexibility index (Phi) is 25.7. The zero-order valence-corrected chi connectivity index (χ0v) is 73.4. The molecule has 2 aliphatic heterocycles. The Bertz CT molecular complexity index is 7090. The van der Waals surface area contributed by atoms with Crippen molar-refractivity contribution in [3.05, 3.63) is 228 Å².